The topological polar surface area (TPSA) is 34.1 Å². The van der Waals surface area contributed by atoms with Crippen LogP contribution in [-0.4, -0.2) is 86.1 Å². The first-order valence-corrected chi connectivity index (χ1v) is 9.18. The first kappa shape index (κ1) is 19.2. The number of halogens is 1. The SMILES string of the molecule is CN=C(NCCN(C)C1CC1)N1CCC(N2CCCCC2)C1.I. The van der Waals surface area contributed by atoms with Gasteiger partial charge in [-0.2, -0.15) is 0 Å². The summed E-state index contributed by atoms with van der Waals surface area (Å²) in [5, 5.41) is 3.56. The number of piperidine rings is 1. The van der Waals surface area contributed by atoms with Crippen molar-refractivity contribution in [3.05, 3.63) is 0 Å². The lowest BCUT2D eigenvalue weighted by Crippen LogP contribution is -2.45. The number of guanidine groups is 1. The van der Waals surface area contributed by atoms with Gasteiger partial charge >= 0.3 is 0 Å². The van der Waals surface area contributed by atoms with Gasteiger partial charge in [-0.25, -0.2) is 0 Å². The second kappa shape index (κ2) is 9.42. The molecule has 3 aliphatic rings. The summed E-state index contributed by atoms with van der Waals surface area (Å²) in [6, 6.07) is 1.59. The van der Waals surface area contributed by atoms with Crippen molar-refractivity contribution in [2.24, 2.45) is 4.99 Å². The molecule has 1 aliphatic carbocycles. The molecule has 0 aromatic carbocycles. The standard InChI is InChI=1S/C17H33N5.HI/c1-18-17(19-9-13-20(2)15-6-7-15)22-12-8-16(14-22)21-10-4-3-5-11-21;/h15-16H,3-14H2,1-2H3,(H,18,19);1H. The maximum Gasteiger partial charge on any atom is 0.193 e. The van der Waals surface area contributed by atoms with E-state index in [4.69, 9.17) is 0 Å². The zero-order chi connectivity index (χ0) is 15.4. The van der Waals surface area contributed by atoms with Crippen LogP contribution in [-0.2, 0) is 0 Å². The zero-order valence-electron chi connectivity index (χ0n) is 14.8. The molecule has 0 spiro atoms. The van der Waals surface area contributed by atoms with Crippen molar-refractivity contribution in [3.8, 4) is 0 Å². The molecule has 0 bridgehead atoms. The Bertz CT molecular complexity index is 379. The van der Waals surface area contributed by atoms with Crippen LogP contribution in [0.3, 0.4) is 0 Å². The predicted octanol–water partition coefficient (Wildman–Crippen LogP) is 1.83. The molecule has 1 N–H and O–H groups in total. The fraction of sp³-hybridized carbons (Fsp3) is 0.941. The molecular weight excluding hydrogens is 401 g/mol. The molecule has 3 rings (SSSR count). The third kappa shape index (κ3) is 5.46. The van der Waals surface area contributed by atoms with Crippen LogP contribution in [0.2, 0.25) is 0 Å². The Morgan fingerprint density at radius 3 is 2.52 bits per heavy atom. The van der Waals surface area contributed by atoms with Gasteiger partial charge in [0.1, 0.15) is 0 Å². The van der Waals surface area contributed by atoms with Crippen LogP contribution in [0, 0.1) is 0 Å². The first-order valence-electron chi connectivity index (χ1n) is 9.18. The molecule has 134 valence electrons. The summed E-state index contributed by atoms with van der Waals surface area (Å²) in [5.74, 6) is 1.10. The van der Waals surface area contributed by atoms with Crippen molar-refractivity contribution < 1.29 is 0 Å². The highest BCUT2D eigenvalue weighted by Gasteiger charge is 2.30. The van der Waals surface area contributed by atoms with Crippen molar-refractivity contribution in [1.29, 1.82) is 0 Å². The molecule has 2 heterocycles. The van der Waals surface area contributed by atoms with E-state index in [2.05, 4.69) is 32.1 Å². The third-order valence-corrected chi connectivity index (χ3v) is 5.50. The summed E-state index contributed by atoms with van der Waals surface area (Å²) in [6.07, 6.45) is 8.25. The largest absolute Gasteiger partial charge is 0.355 e. The summed E-state index contributed by atoms with van der Waals surface area (Å²) < 4.78 is 0. The quantitative estimate of drug-likeness (QED) is 0.406. The molecule has 5 nitrogen and oxygen atoms in total. The molecule has 6 heteroatoms. The van der Waals surface area contributed by atoms with E-state index < -0.39 is 0 Å². The van der Waals surface area contributed by atoms with E-state index in [-0.39, 0.29) is 24.0 Å². The van der Waals surface area contributed by atoms with Crippen molar-refractivity contribution in [2.45, 2.75) is 50.6 Å². The van der Waals surface area contributed by atoms with Gasteiger partial charge in [0.15, 0.2) is 5.96 Å². The van der Waals surface area contributed by atoms with Gasteiger partial charge < -0.3 is 15.1 Å². The smallest absolute Gasteiger partial charge is 0.193 e. The monoisotopic (exact) mass is 435 g/mol. The summed E-state index contributed by atoms with van der Waals surface area (Å²) in [6.45, 7) is 7.03. The fourth-order valence-electron chi connectivity index (χ4n) is 3.89. The van der Waals surface area contributed by atoms with Gasteiger partial charge in [0.05, 0.1) is 0 Å². The van der Waals surface area contributed by atoms with Crippen molar-refractivity contribution in [3.63, 3.8) is 0 Å². The fourth-order valence-corrected chi connectivity index (χ4v) is 3.89. The summed E-state index contributed by atoms with van der Waals surface area (Å²) in [4.78, 5) is 12.1. The van der Waals surface area contributed by atoms with Crippen molar-refractivity contribution in [2.75, 3.05) is 53.4 Å². The summed E-state index contributed by atoms with van der Waals surface area (Å²) >= 11 is 0. The van der Waals surface area contributed by atoms with Crippen LogP contribution in [0.5, 0.6) is 0 Å². The Labute approximate surface area is 158 Å². The van der Waals surface area contributed by atoms with Gasteiger partial charge in [-0.3, -0.25) is 9.89 Å². The van der Waals surface area contributed by atoms with Crippen LogP contribution in [0.1, 0.15) is 38.5 Å². The highest BCUT2D eigenvalue weighted by Crippen LogP contribution is 2.24. The molecule has 1 atom stereocenters. The van der Waals surface area contributed by atoms with Crippen LogP contribution in [0.15, 0.2) is 4.99 Å². The maximum absolute atomic E-state index is 4.50. The number of likely N-dealkylation sites (tertiary alicyclic amines) is 2. The Morgan fingerprint density at radius 2 is 1.87 bits per heavy atom. The zero-order valence-corrected chi connectivity index (χ0v) is 17.2. The van der Waals surface area contributed by atoms with Crippen LogP contribution in [0.4, 0.5) is 0 Å². The number of nitrogens with one attached hydrogen (secondary N) is 1. The average Bonchev–Trinajstić information content (AvgIpc) is 3.30. The maximum atomic E-state index is 4.50. The molecule has 2 saturated heterocycles. The van der Waals surface area contributed by atoms with Crippen LogP contribution in [0.25, 0.3) is 0 Å². The Hall–Kier alpha value is -0.0800. The summed E-state index contributed by atoms with van der Waals surface area (Å²) in [7, 11) is 4.16. The summed E-state index contributed by atoms with van der Waals surface area (Å²) in [5.41, 5.74) is 0. The number of hydrogen-bond acceptors (Lipinski definition) is 3. The van der Waals surface area contributed by atoms with Gasteiger partial charge in [-0.05, 0) is 52.2 Å². The van der Waals surface area contributed by atoms with Gasteiger partial charge in [0.25, 0.3) is 0 Å². The van der Waals surface area contributed by atoms with Gasteiger partial charge in [0.2, 0.25) is 0 Å². The average molecular weight is 435 g/mol. The minimum Gasteiger partial charge on any atom is -0.355 e. The molecule has 0 amide bonds. The lowest BCUT2D eigenvalue weighted by atomic mass is 10.1. The van der Waals surface area contributed by atoms with E-state index in [1.165, 1.54) is 51.6 Å². The van der Waals surface area contributed by atoms with Crippen LogP contribution < -0.4 is 5.32 Å². The molecule has 3 fully saturated rings. The van der Waals surface area contributed by atoms with Gasteiger partial charge in [-0.1, -0.05) is 6.42 Å². The molecule has 23 heavy (non-hydrogen) atoms. The minimum atomic E-state index is 0. The lowest BCUT2D eigenvalue weighted by molar-refractivity contribution is 0.168. The molecule has 0 aromatic rings. The molecule has 0 aromatic heterocycles. The highest BCUT2D eigenvalue weighted by molar-refractivity contribution is 14.0. The second-order valence-corrected chi connectivity index (χ2v) is 7.17. The number of likely N-dealkylation sites (N-methyl/N-ethyl adjacent to an activating group) is 1. The molecule has 2 aliphatic heterocycles. The Kier molecular flexibility index (Phi) is 7.88. The Morgan fingerprint density at radius 1 is 1.13 bits per heavy atom. The van der Waals surface area contributed by atoms with Gasteiger partial charge in [0, 0.05) is 45.3 Å². The van der Waals surface area contributed by atoms with Crippen LogP contribution >= 0.6 is 24.0 Å². The van der Waals surface area contributed by atoms with E-state index in [1.54, 1.807) is 0 Å². The van der Waals surface area contributed by atoms with Crippen molar-refractivity contribution >= 4 is 29.9 Å². The normalized spacial score (nSPS) is 26.5. The molecule has 1 unspecified atom stereocenters. The number of nitrogens with zero attached hydrogens (tertiary/aromatic N) is 4. The minimum absolute atomic E-state index is 0. The molecule has 0 radical (unpaired) electrons. The number of rotatable bonds is 5. The van der Waals surface area contributed by atoms with Gasteiger partial charge in [-0.15, -0.1) is 24.0 Å². The van der Waals surface area contributed by atoms with E-state index in [0.29, 0.717) is 0 Å². The first-order chi connectivity index (χ1) is 10.8. The van der Waals surface area contributed by atoms with E-state index in [1.807, 2.05) is 7.05 Å². The van der Waals surface area contributed by atoms with E-state index >= 15 is 0 Å². The van der Waals surface area contributed by atoms with E-state index in [0.717, 1.165) is 44.2 Å². The molecular formula is C17H34IN5. The third-order valence-electron chi connectivity index (χ3n) is 5.50. The Balaban J connectivity index is 0.00000192. The second-order valence-electron chi connectivity index (χ2n) is 7.17. The van der Waals surface area contributed by atoms with Crippen molar-refractivity contribution in [1.82, 2.24) is 20.0 Å². The van der Waals surface area contributed by atoms with E-state index in [9.17, 15) is 0 Å². The lowest BCUT2D eigenvalue weighted by Gasteiger charge is -2.32. The molecule has 1 saturated carbocycles. The predicted molar refractivity (Wildman–Crippen MR) is 108 cm³/mol. The number of hydrogen-bond donors (Lipinski definition) is 1. The number of aliphatic imine (C=N–C) groups is 1. The highest BCUT2D eigenvalue weighted by atomic mass is 127.